The van der Waals surface area contributed by atoms with E-state index in [2.05, 4.69) is 5.32 Å². The van der Waals surface area contributed by atoms with Gasteiger partial charge in [0.2, 0.25) is 11.8 Å². The average Bonchev–Trinajstić information content (AvgIpc) is 3.03. The number of anilines is 1. The van der Waals surface area contributed by atoms with Crippen LogP contribution >= 0.6 is 23.2 Å². The van der Waals surface area contributed by atoms with Gasteiger partial charge < -0.3 is 10.2 Å². The predicted octanol–water partition coefficient (Wildman–Crippen LogP) is 7.05. The number of rotatable bonds is 13. The molecule has 2 amide bonds. The monoisotopic (exact) mass is 665 g/mol. The van der Waals surface area contributed by atoms with Crippen molar-refractivity contribution >= 4 is 50.7 Å². The Labute approximate surface area is 275 Å². The van der Waals surface area contributed by atoms with Crippen LogP contribution in [-0.4, -0.2) is 43.8 Å². The maximum Gasteiger partial charge on any atom is 0.264 e. The average molecular weight is 667 g/mol. The molecule has 0 aromatic heterocycles. The molecule has 10 heteroatoms. The van der Waals surface area contributed by atoms with Gasteiger partial charge in [-0.2, -0.15) is 0 Å². The molecule has 45 heavy (non-hydrogen) atoms. The van der Waals surface area contributed by atoms with Gasteiger partial charge in [-0.15, -0.1) is 0 Å². The van der Waals surface area contributed by atoms with Crippen LogP contribution in [0.5, 0.6) is 0 Å². The van der Waals surface area contributed by atoms with E-state index in [1.54, 1.807) is 48.5 Å². The lowest BCUT2D eigenvalue weighted by Gasteiger charge is -2.34. The van der Waals surface area contributed by atoms with E-state index in [9.17, 15) is 18.0 Å². The number of carbonyl (C=O) groups excluding carboxylic acids is 2. The molecule has 4 aromatic carbocycles. The van der Waals surface area contributed by atoms with Crippen LogP contribution in [-0.2, 0) is 32.6 Å². The molecule has 0 radical (unpaired) electrons. The second-order valence-corrected chi connectivity index (χ2v) is 13.6. The number of halogens is 2. The minimum absolute atomic E-state index is 0.00728. The predicted molar refractivity (Wildman–Crippen MR) is 181 cm³/mol. The van der Waals surface area contributed by atoms with Gasteiger partial charge in [-0.25, -0.2) is 8.42 Å². The highest BCUT2D eigenvalue weighted by atomic mass is 35.5. The summed E-state index contributed by atoms with van der Waals surface area (Å²) in [6, 6.07) is 28.1. The number of amides is 2. The van der Waals surface area contributed by atoms with Gasteiger partial charge >= 0.3 is 0 Å². The summed E-state index contributed by atoms with van der Waals surface area (Å²) in [4.78, 5) is 29.8. The molecule has 0 heterocycles. The summed E-state index contributed by atoms with van der Waals surface area (Å²) in [5.41, 5.74) is 2.72. The molecule has 0 spiro atoms. The Hall–Kier alpha value is -3.85. The molecule has 0 unspecified atom stereocenters. The van der Waals surface area contributed by atoms with Crippen molar-refractivity contribution < 1.29 is 18.0 Å². The second kappa shape index (κ2) is 15.4. The molecule has 7 nitrogen and oxygen atoms in total. The van der Waals surface area contributed by atoms with Gasteiger partial charge in [-0.1, -0.05) is 96.4 Å². The van der Waals surface area contributed by atoms with E-state index in [1.165, 1.54) is 29.2 Å². The minimum Gasteiger partial charge on any atom is -0.352 e. The molecular formula is C35H37Cl2N3O4S. The number of aryl methyl sites for hydroxylation is 1. The Bertz CT molecular complexity index is 1700. The fourth-order valence-corrected chi connectivity index (χ4v) is 6.51. The lowest BCUT2D eigenvalue weighted by molar-refractivity contribution is -0.140. The third-order valence-electron chi connectivity index (χ3n) is 7.57. The van der Waals surface area contributed by atoms with Crippen LogP contribution in [0.1, 0.15) is 37.0 Å². The molecule has 0 saturated carbocycles. The quantitative estimate of drug-likeness (QED) is 0.166. The molecule has 236 valence electrons. The van der Waals surface area contributed by atoms with Crippen molar-refractivity contribution in [2.45, 2.75) is 57.1 Å². The Morgan fingerprint density at radius 2 is 1.47 bits per heavy atom. The maximum absolute atomic E-state index is 14.5. The number of carbonyl (C=O) groups is 2. The Kier molecular flexibility index (Phi) is 11.7. The largest absolute Gasteiger partial charge is 0.352 e. The first-order valence-corrected chi connectivity index (χ1v) is 16.9. The van der Waals surface area contributed by atoms with Crippen LogP contribution in [0.25, 0.3) is 0 Å². The number of sulfonamides is 1. The number of benzene rings is 4. The van der Waals surface area contributed by atoms with Crippen molar-refractivity contribution in [1.29, 1.82) is 0 Å². The molecule has 4 rings (SSSR count). The van der Waals surface area contributed by atoms with E-state index in [0.717, 1.165) is 15.4 Å². The van der Waals surface area contributed by atoms with Crippen molar-refractivity contribution in [2.75, 3.05) is 10.8 Å². The van der Waals surface area contributed by atoms with E-state index < -0.39 is 28.5 Å². The fourth-order valence-electron chi connectivity index (χ4n) is 4.78. The van der Waals surface area contributed by atoms with Crippen LogP contribution in [0.3, 0.4) is 0 Å². The summed E-state index contributed by atoms with van der Waals surface area (Å²) in [6.07, 6.45) is 0.913. The zero-order valence-electron chi connectivity index (χ0n) is 25.5. The van der Waals surface area contributed by atoms with Gasteiger partial charge in [-0.05, 0) is 73.9 Å². The van der Waals surface area contributed by atoms with Gasteiger partial charge in [0.1, 0.15) is 12.6 Å². The number of hydrogen-bond donors (Lipinski definition) is 1. The lowest BCUT2D eigenvalue weighted by atomic mass is 10.0. The number of nitrogens with zero attached hydrogens (tertiary/aromatic N) is 2. The normalized spacial score (nSPS) is 12.6. The minimum atomic E-state index is -4.22. The smallest absolute Gasteiger partial charge is 0.264 e. The Morgan fingerprint density at radius 3 is 2.09 bits per heavy atom. The fraction of sp³-hybridized carbons (Fsp3) is 0.257. The lowest BCUT2D eigenvalue weighted by Crippen LogP contribution is -2.54. The van der Waals surface area contributed by atoms with Crippen molar-refractivity contribution in [3.05, 3.63) is 130 Å². The highest BCUT2D eigenvalue weighted by molar-refractivity contribution is 7.92. The summed E-state index contributed by atoms with van der Waals surface area (Å²) in [7, 11) is -4.22. The molecule has 2 atom stereocenters. The number of hydrogen-bond acceptors (Lipinski definition) is 4. The molecule has 0 fully saturated rings. The molecule has 0 saturated heterocycles. The van der Waals surface area contributed by atoms with E-state index in [1.807, 2.05) is 51.1 Å². The van der Waals surface area contributed by atoms with Crippen molar-refractivity contribution in [3.8, 4) is 0 Å². The van der Waals surface area contributed by atoms with Gasteiger partial charge in [0, 0.05) is 29.1 Å². The van der Waals surface area contributed by atoms with Gasteiger partial charge in [0.15, 0.2) is 0 Å². The van der Waals surface area contributed by atoms with Crippen LogP contribution in [0, 0.1) is 6.92 Å². The third kappa shape index (κ3) is 8.87. The SMILES string of the molecule is CC[C@H](C)NC(=O)[C@@H](Cc1ccccc1)N(Cc1ccccc1Cl)C(=O)CN(c1ccc(C)cc1)S(=O)(=O)c1ccc(Cl)cc1. The van der Waals surface area contributed by atoms with Crippen LogP contribution < -0.4 is 9.62 Å². The van der Waals surface area contributed by atoms with E-state index >= 15 is 0 Å². The molecular weight excluding hydrogens is 629 g/mol. The highest BCUT2D eigenvalue weighted by Crippen LogP contribution is 2.27. The summed E-state index contributed by atoms with van der Waals surface area (Å²) in [5.74, 6) is -0.899. The van der Waals surface area contributed by atoms with Crippen molar-refractivity contribution in [1.82, 2.24) is 10.2 Å². The molecule has 1 N–H and O–H groups in total. The third-order valence-corrected chi connectivity index (χ3v) is 9.98. The maximum atomic E-state index is 14.5. The molecule has 0 aliphatic carbocycles. The van der Waals surface area contributed by atoms with E-state index in [-0.39, 0.29) is 29.8 Å². The highest BCUT2D eigenvalue weighted by Gasteiger charge is 2.35. The van der Waals surface area contributed by atoms with Crippen LogP contribution in [0.15, 0.2) is 108 Å². The van der Waals surface area contributed by atoms with Gasteiger partial charge in [0.05, 0.1) is 10.6 Å². The summed E-state index contributed by atoms with van der Waals surface area (Å²) in [6.45, 7) is 5.19. The van der Waals surface area contributed by atoms with E-state index in [0.29, 0.717) is 27.7 Å². The summed E-state index contributed by atoms with van der Waals surface area (Å²) in [5, 5.41) is 3.84. The zero-order chi connectivity index (χ0) is 32.6. The van der Waals surface area contributed by atoms with Crippen molar-refractivity contribution in [3.63, 3.8) is 0 Å². The summed E-state index contributed by atoms with van der Waals surface area (Å²) < 4.78 is 29.3. The Balaban J connectivity index is 1.81. The first-order valence-electron chi connectivity index (χ1n) is 14.7. The second-order valence-electron chi connectivity index (χ2n) is 10.9. The molecule has 4 aromatic rings. The van der Waals surface area contributed by atoms with Gasteiger partial charge in [0.25, 0.3) is 10.0 Å². The van der Waals surface area contributed by atoms with Crippen LogP contribution in [0.4, 0.5) is 5.69 Å². The van der Waals surface area contributed by atoms with Gasteiger partial charge in [-0.3, -0.25) is 13.9 Å². The topological polar surface area (TPSA) is 86.8 Å². The summed E-state index contributed by atoms with van der Waals surface area (Å²) >= 11 is 12.6. The first kappa shape index (κ1) is 34.0. The van der Waals surface area contributed by atoms with E-state index in [4.69, 9.17) is 23.2 Å². The standard InChI is InChI=1S/C35H37Cl2N3O4S/c1-4-26(3)38-35(42)33(22-27-10-6-5-7-11-27)39(23-28-12-8-9-13-32(28)37)34(41)24-40(30-18-14-25(2)15-19-30)45(43,44)31-20-16-29(36)17-21-31/h5-21,26,33H,4,22-24H2,1-3H3,(H,38,42)/t26-,33+/m0/s1. The molecule has 0 aliphatic rings. The zero-order valence-corrected chi connectivity index (χ0v) is 27.8. The number of nitrogens with one attached hydrogen (secondary N) is 1. The Morgan fingerprint density at radius 1 is 0.844 bits per heavy atom. The molecule has 0 bridgehead atoms. The first-order chi connectivity index (χ1) is 21.5. The van der Waals surface area contributed by atoms with Crippen LogP contribution in [0.2, 0.25) is 10.0 Å². The molecule has 0 aliphatic heterocycles. The van der Waals surface area contributed by atoms with Crippen molar-refractivity contribution in [2.24, 2.45) is 0 Å².